The van der Waals surface area contributed by atoms with Crippen molar-refractivity contribution in [3.05, 3.63) is 113 Å². The van der Waals surface area contributed by atoms with Gasteiger partial charge in [0.05, 0.1) is 0 Å². The summed E-state index contributed by atoms with van der Waals surface area (Å²) in [7, 11) is 0. The van der Waals surface area contributed by atoms with E-state index >= 15 is 0 Å². The van der Waals surface area contributed by atoms with E-state index < -0.39 is 5.60 Å². The van der Waals surface area contributed by atoms with E-state index in [1.807, 2.05) is 84.9 Å². The van der Waals surface area contributed by atoms with Crippen LogP contribution in [0.2, 0.25) is 0 Å². The average molecular weight is 405 g/mol. The smallest absolute Gasteiger partial charge is 0.250 e. The van der Waals surface area contributed by atoms with Crippen LogP contribution in [0.15, 0.2) is 91.0 Å². The van der Waals surface area contributed by atoms with Crippen LogP contribution in [0.1, 0.15) is 22.4 Å². The fraction of sp³-hybridized carbons (Fsp3) is 0.0769. The van der Waals surface area contributed by atoms with E-state index in [0.29, 0.717) is 11.4 Å². The highest BCUT2D eigenvalue weighted by Crippen LogP contribution is 2.46. The summed E-state index contributed by atoms with van der Waals surface area (Å²) >= 11 is 0. The Balaban J connectivity index is 1.81. The number of amides is 1. The molecule has 4 aromatic rings. The molecule has 0 unspecified atom stereocenters. The number of H-pyrrole nitrogens is 1. The van der Waals surface area contributed by atoms with E-state index in [1.165, 1.54) is 0 Å². The molecule has 0 saturated carbocycles. The highest BCUT2D eigenvalue weighted by atomic mass is 16.5. The number of carbonyl (C=O) groups is 1. The fourth-order valence-electron chi connectivity index (χ4n) is 4.17. The number of benzene rings is 3. The standard InChI is InChI=1S/C26H19N3O2/c27-16-21-12-14-23(28-21)18-11-13-24-22(15-18)26(31-17-25(30)29-24,19-7-3-1-4-8-19)20-9-5-2-6-10-20/h1-15,28H,17H2,(H,29,30). The molecule has 1 aliphatic heterocycles. The lowest BCUT2D eigenvalue weighted by atomic mass is 9.78. The Bertz CT molecular complexity index is 1250. The third kappa shape index (κ3) is 3.20. The van der Waals surface area contributed by atoms with Crippen molar-refractivity contribution in [3.8, 4) is 17.3 Å². The van der Waals surface area contributed by atoms with E-state index in [2.05, 4.69) is 16.4 Å². The Hall–Kier alpha value is -4.14. The van der Waals surface area contributed by atoms with Gasteiger partial charge in [-0.15, -0.1) is 0 Å². The van der Waals surface area contributed by atoms with Gasteiger partial charge in [-0.2, -0.15) is 5.26 Å². The van der Waals surface area contributed by atoms with Crippen LogP contribution in [-0.2, 0) is 15.1 Å². The summed E-state index contributed by atoms with van der Waals surface area (Å²) in [5.74, 6) is -0.200. The van der Waals surface area contributed by atoms with Crippen molar-refractivity contribution in [2.75, 3.05) is 11.9 Å². The summed E-state index contributed by atoms with van der Waals surface area (Å²) in [6, 6.07) is 31.5. The molecule has 0 aliphatic carbocycles. The molecule has 5 rings (SSSR count). The minimum absolute atomic E-state index is 0.0745. The number of fused-ring (bicyclic) bond motifs is 1. The Morgan fingerprint density at radius 1 is 0.871 bits per heavy atom. The van der Waals surface area contributed by atoms with Crippen molar-refractivity contribution in [2.45, 2.75) is 5.60 Å². The second-order valence-corrected chi connectivity index (χ2v) is 7.41. The van der Waals surface area contributed by atoms with Crippen LogP contribution in [0, 0.1) is 11.3 Å². The van der Waals surface area contributed by atoms with Gasteiger partial charge in [0.25, 0.3) is 0 Å². The van der Waals surface area contributed by atoms with Crippen LogP contribution in [0.5, 0.6) is 0 Å². The minimum atomic E-state index is -0.975. The van der Waals surface area contributed by atoms with Crippen LogP contribution in [0.3, 0.4) is 0 Å². The first-order chi connectivity index (χ1) is 15.2. The molecule has 0 bridgehead atoms. The summed E-state index contributed by atoms with van der Waals surface area (Å²) in [6.07, 6.45) is 0. The normalized spacial score (nSPS) is 14.7. The number of aromatic amines is 1. The molecule has 1 amide bonds. The van der Waals surface area contributed by atoms with Crippen LogP contribution >= 0.6 is 0 Å². The van der Waals surface area contributed by atoms with Gasteiger partial charge in [-0.05, 0) is 41.0 Å². The van der Waals surface area contributed by atoms with Gasteiger partial charge < -0.3 is 15.0 Å². The van der Waals surface area contributed by atoms with E-state index in [0.717, 1.165) is 27.9 Å². The Morgan fingerprint density at radius 2 is 1.55 bits per heavy atom. The zero-order valence-electron chi connectivity index (χ0n) is 16.6. The number of nitrogens with one attached hydrogen (secondary N) is 2. The predicted octanol–water partition coefficient (Wildman–Crippen LogP) is 4.81. The average Bonchev–Trinajstić information content (AvgIpc) is 3.25. The molecule has 5 heteroatoms. The molecule has 2 N–H and O–H groups in total. The van der Waals surface area contributed by atoms with Gasteiger partial charge in [0.1, 0.15) is 24.0 Å². The van der Waals surface area contributed by atoms with Gasteiger partial charge in [-0.3, -0.25) is 4.79 Å². The first-order valence-electron chi connectivity index (χ1n) is 9.99. The highest BCUT2D eigenvalue weighted by Gasteiger charge is 2.42. The lowest BCUT2D eigenvalue weighted by Gasteiger charge is -2.35. The van der Waals surface area contributed by atoms with Crippen molar-refractivity contribution in [1.82, 2.24) is 4.98 Å². The lowest BCUT2D eigenvalue weighted by molar-refractivity contribution is -0.123. The number of aromatic nitrogens is 1. The molecule has 1 aromatic heterocycles. The summed E-state index contributed by atoms with van der Waals surface area (Å²) in [4.78, 5) is 15.6. The van der Waals surface area contributed by atoms with Crippen molar-refractivity contribution >= 4 is 11.6 Å². The number of nitriles is 1. The van der Waals surface area contributed by atoms with Crippen molar-refractivity contribution < 1.29 is 9.53 Å². The molecule has 0 atom stereocenters. The van der Waals surface area contributed by atoms with Gasteiger partial charge >= 0.3 is 0 Å². The molecule has 0 radical (unpaired) electrons. The van der Waals surface area contributed by atoms with E-state index in [-0.39, 0.29) is 12.5 Å². The largest absolute Gasteiger partial charge is 0.351 e. The molecule has 3 aromatic carbocycles. The van der Waals surface area contributed by atoms with Gasteiger partial charge in [-0.1, -0.05) is 66.7 Å². The second kappa shape index (κ2) is 7.60. The number of anilines is 1. The van der Waals surface area contributed by atoms with E-state index in [1.54, 1.807) is 6.07 Å². The van der Waals surface area contributed by atoms with Crippen LogP contribution in [0.25, 0.3) is 11.3 Å². The maximum Gasteiger partial charge on any atom is 0.250 e. The van der Waals surface area contributed by atoms with Crippen molar-refractivity contribution in [2.24, 2.45) is 0 Å². The molecule has 0 saturated heterocycles. The predicted molar refractivity (Wildman–Crippen MR) is 118 cm³/mol. The maximum absolute atomic E-state index is 12.5. The monoisotopic (exact) mass is 405 g/mol. The van der Waals surface area contributed by atoms with Gasteiger partial charge in [-0.25, -0.2) is 0 Å². The molecule has 0 spiro atoms. The lowest BCUT2D eigenvalue weighted by Crippen LogP contribution is -2.33. The molecule has 5 nitrogen and oxygen atoms in total. The van der Waals surface area contributed by atoms with Gasteiger partial charge in [0.2, 0.25) is 5.91 Å². The van der Waals surface area contributed by atoms with Gasteiger partial charge in [0, 0.05) is 16.9 Å². The molecule has 150 valence electrons. The molecule has 2 heterocycles. The number of hydrogen-bond donors (Lipinski definition) is 2. The van der Waals surface area contributed by atoms with Crippen molar-refractivity contribution in [3.63, 3.8) is 0 Å². The van der Waals surface area contributed by atoms with E-state index in [4.69, 9.17) is 4.74 Å². The number of rotatable bonds is 3. The zero-order valence-corrected chi connectivity index (χ0v) is 16.6. The van der Waals surface area contributed by atoms with Crippen LogP contribution in [-0.4, -0.2) is 17.5 Å². The number of nitrogens with zero attached hydrogens (tertiary/aromatic N) is 1. The number of hydrogen-bond acceptors (Lipinski definition) is 3. The topological polar surface area (TPSA) is 77.9 Å². The second-order valence-electron chi connectivity index (χ2n) is 7.41. The summed E-state index contributed by atoms with van der Waals surface area (Å²) < 4.78 is 6.44. The SMILES string of the molecule is N#Cc1ccc(-c2ccc3c(c2)C(c2ccccc2)(c2ccccc2)OCC(=O)N3)[nH]1. The highest BCUT2D eigenvalue weighted by molar-refractivity contribution is 5.94. The quantitative estimate of drug-likeness (QED) is 0.513. The third-order valence-electron chi connectivity index (χ3n) is 5.57. The fourth-order valence-corrected chi connectivity index (χ4v) is 4.17. The summed E-state index contributed by atoms with van der Waals surface area (Å²) in [6.45, 7) is -0.0745. The maximum atomic E-state index is 12.5. The van der Waals surface area contributed by atoms with Crippen LogP contribution < -0.4 is 5.32 Å². The number of ether oxygens (including phenoxy) is 1. The Kier molecular flexibility index (Phi) is 4.62. The Morgan fingerprint density at radius 3 is 2.16 bits per heavy atom. The molecule has 0 fully saturated rings. The Labute approximate surface area is 179 Å². The molecular formula is C26H19N3O2. The molecule has 1 aliphatic rings. The first-order valence-corrected chi connectivity index (χ1v) is 9.99. The third-order valence-corrected chi connectivity index (χ3v) is 5.57. The van der Waals surface area contributed by atoms with Gasteiger partial charge in [0.15, 0.2) is 0 Å². The van der Waals surface area contributed by atoms with E-state index in [9.17, 15) is 10.1 Å². The first kappa shape index (κ1) is 18.9. The summed E-state index contributed by atoms with van der Waals surface area (Å²) in [5, 5.41) is 12.2. The zero-order chi connectivity index (χ0) is 21.3. The van der Waals surface area contributed by atoms with Crippen molar-refractivity contribution in [1.29, 1.82) is 5.26 Å². The minimum Gasteiger partial charge on any atom is -0.351 e. The molecular weight excluding hydrogens is 386 g/mol. The molecule has 31 heavy (non-hydrogen) atoms. The summed E-state index contributed by atoms with van der Waals surface area (Å²) in [5.41, 5.74) is 4.64. The van der Waals surface area contributed by atoms with Crippen LogP contribution in [0.4, 0.5) is 5.69 Å². The number of carbonyl (C=O) groups excluding carboxylic acids is 1.